The van der Waals surface area contributed by atoms with Crippen LogP contribution in [0.1, 0.15) is 59.9 Å². The van der Waals surface area contributed by atoms with Crippen LogP contribution in [0, 0.1) is 11.8 Å². The Morgan fingerprint density at radius 2 is 1.35 bits per heavy atom. The number of carbonyl (C=O) groups excluding carboxylic acids is 4. The summed E-state index contributed by atoms with van der Waals surface area (Å²) >= 11 is 0. The van der Waals surface area contributed by atoms with Gasteiger partial charge in [-0.1, -0.05) is 58.0 Å². The zero-order valence-electron chi connectivity index (χ0n) is 24.1. The van der Waals surface area contributed by atoms with E-state index in [-0.39, 0.29) is 31.1 Å². The quantitative estimate of drug-likeness (QED) is 0.146. The third kappa shape index (κ3) is 11.7. The molecule has 12 nitrogen and oxygen atoms in total. The summed E-state index contributed by atoms with van der Waals surface area (Å²) in [5.41, 5.74) is 6.40. The molecule has 40 heavy (non-hydrogen) atoms. The van der Waals surface area contributed by atoms with E-state index in [1.54, 1.807) is 27.7 Å². The van der Waals surface area contributed by atoms with Gasteiger partial charge in [0.15, 0.2) is 0 Å². The molecule has 0 aliphatic heterocycles. The monoisotopic (exact) mass is 563 g/mol. The summed E-state index contributed by atoms with van der Waals surface area (Å²) in [5.74, 6) is -3.98. The molecular formula is C28H45N5O7. The number of hydrogen-bond donors (Lipinski definition) is 7. The Morgan fingerprint density at radius 3 is 1.85 bits per heavy atom. The molecule has 1 aromatic carbocycles. The van der Waals surface area contributed by atoms with Crippen molar-refractivity contribution in [3.05, 3.63) is 35.9 Å². The number of aliphatic hydroxyl groups is 1. The summed E-state index contributed by atoms with van der Waals surface area (Å²) in [6.07, 6.45) is -1.04. The predicted molar refractivity (Wildman–Crippen MR) is 150 cm³/mol. The Labute approximate surface area is 235 Å². The fourth-order valence-electron chi connectivity index (χ4n) is 3.89. The van der Waals surface area contributed by atoms with E-state index in [2.05, 4.69) is 21.3 Å². The van der Waals surface area contributed by atoms with E-state index < -0.39 is 65.9 Å². The lowest BCUT2D eigenvalue weighted by molar-refractivity contribution is -0.143. The summed E-state index contributed by atoms with van der Waals surface area (Å²) in [4.78, 5) is 61.7. The van der Waals surface area contributed by atoms with Crippen molar-refractivity contribution in [1.29, 1.82) is 0 Å². The van der Waals surface area contributed by atoms with Crippen LogP contribution in [0.15, 0.2) is 30.3 Å². The second-order valence-electron chi connectivity index (χ2n) is 10.8. The molecular weight excluding hydrogens is 518 g/mol. The number of carbonyl (C=O) groups is 5. The van der Waals surface area contributed by atoms with Crippen LogP contribution in [0.2, 0.25) is 0 Å². The molecule has 0 heterocycles. The van der Waals surface area contributed by atoms with Crippen molar-refractivity contribution in [2.24, 2.45) is 17.6 Å². The van der Waals surface area contributed by atoms with E-state index >= 15 is 0 Å². The Balaban J connectivity index is 2.89. The summed E-state index contributed by atoms with van der Waals surface area (Å²) < 4.78 is 0. The highest BCUT2D eigenvalue weighted by atomic mass is 16.4. The summed E-state index contributed by atoms with van der Waals surface area (Å²) in [5, 5.41) is 30.7. The van der Waals surface area contributed by atoms with Crippen LogP contribution in [0.4, 0.5) is 0 Å². The number of nitrogens with one attached hydrogen (secondary N) is 4. The number of carboxylic acids is 1. The first-order valence-electron chi connectivity index (χ1n) is 13.5. The minimum atomic E-state index is -1.17. The molecule has 0 spiro atoms. The van der Waals surface area contributed by atoms with E-state index in [1.165, 1.54) is 13.8 Å². The molecule has 0 aliphatic rings. The molecule has 0 saturated carbocycles. The molecule has 0 saturated heterocycles. The molecule has 8 N–H and O–H groups in total. The van der Waals surface area contributed by atoms with Gasteiger partial charge in [-0.25, -0.2) is 4.79 Å². The number of nitrogens with two attached hydrogens (primary N) is 1. The molecule has 6 atom stereocenters. The Morgan fingerprint density at radius 1 is 0.775 bits per heavy atom. The van der Waals surface area contributed by atoms with Crippen molar-refractivity contribution in [2.75, 3.05) is 0 Å². The Kier molecular flexibility index (Phi) is 14.3. The first-order chi connectivity index (χ1) is 18.6. The molecule has 0 fully saturated rings. The van der Waals surface area contributed by atoms with Gasteiger partial charge in [0.25, 0.3) is 0 Å². The molecule has 0 aliphatic carbocycles. The van der Waals surface area contributed by atoms with Gasteiger partial charge in [-0.15, -0.1) is 0 Å². The largest absolute Gasteiger partial charge is 0.480 e. The number of hydrogen-bond acceptors (Lipinski definition) is 7. The van der Waals surface area contributed by atoms with Crippen molar-refractivity contribution >= 4 is 29.6 Å². The van der Waals surface area contributed by atoms with Gasteiger partial charge >= 0.3 is 5.97 Å². The number of aliphatic carboxylic acids is 1. The molecule has 1 rings (SSSR count). The highest BCUT2D eigenvalue weighted by molar-refractivity contribution is 5.91. The van der Waals surface area contributed by atoms with E-state index in [9.17, 15) is 34.2 Å². The van der Waals surface area contributed by atoms with Crippen LogP contribution >= 0.6 is 0 Å². The fraction of sp³-hybridized carbons (Fsp3) is 0.607. The summed E-state index contributed by atoms with van der Waals surface area (Å²) in [6, 6.07) is 4.62. The van der Waals surface area contributed by atoms with Gasteiger partial charge in [0.05, 0.1) is 18.2 Å². The lowest BCUT2D eigenvalue weighted by Gasteiger charge is -2.27. The van der Waals surface area contributed by atoms with Crippen LogP contribution in [-0.4, -0.2) is 76.1 Å². The topological polar surface area (TPSA) is 200 Å². The Bertz CT molecular complexity index is 1000. The number of amides is 4. The highest BCUT2D eigenvalue weighted by Crippen LogP contribution is 2.12. The van der Waals surface area contributed by atoms with E-state index in [0.717, 1.165) is 5.56 Å². The van der Waals surface area contributed by atoms with Crippen molar-refractivity contribution < 1.29 is 34.2 Å². The second kappa shape index (κ2) is 16.6. The first-order valence-corrected chi connectivity index (χ1v) is 13.5. The average molecular weight is 564 g/mol. The number of carboxylic acid groups (broad SMARTS) is 1. The fourth-order valence-corrected chi connectivity index (χ4v) is 3.89. The van der Waals surface area contributed by atoms with Gasteiger partial charge in [0, 0.05) is 6.42 Å². The lowest BCUT2D eigenvalue weighted by atomic mass is 9.97. The smallest absolute Gasteiger partial charge is 0.326 e. The SMILES string of the molecule is CC(C)[C@H](NC(=O)[C@@H](NC(=O)CC[C@H](O)[C@H](Cc1ccccc1)NC(=O)[C@H](C)NC(=O)[C@H](C)N)C(C)C)C(=O)O. The zero-order chi connectivity index (χ0) is 30.6. The van der Waals surface area contributed by atoms with Crippen molar-refractivity contribution in [3.8, 4) is 0 Å². The summed E-state index contributed by atoms with van der Waals surface area (Å²) in [6.45, 7) is 9.78. The lowest BCUT2D eigenvalue weighted by Crippen LogP contribution is -2.55. The summed E-state index contributed by atoms with van der Waals surface area (Å²) in [7, 11) is 0. The van der Waals surface area contributed by atoms with Gasteiger partial charge in [-0.05, 0) is 44.1 Å². The third-order valence-electron chi connectivity index (χ3n) is 6.42. The Hall–Kier alpha value is -3.51. The maximum Gasteiger partial charge on any atom is 0.326 e. The van der Waals surface area contributed by atoms with Gasteiger partial charge < -0.3 is 37.2 Å². The molecule has 12 heteroatoms. The average Bonchev–Trinajstić information content (AvgIpc) is 2.88. The van der Waals surface area contributed by atoms with E-state index in [0.29, 0.717) is 0 Å². The molecule has 0 radical (unpaired) electrons. The van der Waals surface area contributed by atoms with Crippen LogP contribution in [0.3, 0.4) is 0 Å². The van der Waals surface area contributed by atoms with Crippen molar-refractivity contribution in [3.63, 3.8) is 0 Å². The number of aliphatic hydroxyl groups excluding tert-OH is 1. The van der Waals surface area contributed by atoms with Gasteiger partial charge in [-0.3, -0.25) is 19.2 Å². The van der Waals surface area contributed by atoms with Crippen LogP contribution in [0.5, 0.6) is 0 Å². The van der Waals surface area contributed by atoms with Crippen LogP contribution in [0.25, 0.3) is 0 Å². The van der Waals surface area contributed by atoms with Gasteiger partial charge in [0.1, 0.15) is 18.1 Å². The highest BCUT2D eigenvalue weighted by Gasteiger charge is 2.31. The standard InChI is InChI=1S/C28H45N5O7/c1-15(2)23(27(38)33-24(16(3)4)28(39)40)32-22(35)13-12-21(34)20(14-19-10-8-7-9-11-19)31-26(37)18(6)30-25(36)17(5)29/h7-11,15-18,20-21,23-24,34H,12-14,29H2,1-6H3,(H,30,36)(H,31,37)(H,32,35)(H,33,38)(H,39,40)/t17-,18-,20-,21-,23-,24-/m0/s1. The molecule has 224 valence electrons. The van der Waals surface area contributed by atoms with Crippen LogP contribution in [-0.2, 0) is 30.4 Å². The van der Waals surface area contributed by atoms with Crippen molar-refractivity contribution in [2.45, 2.75) is 97.1 Å². The van der Waals surface area contributed by atoms with E-state index in [1.807, 2.05) is 30.3 Å². The van der Waals surface area contributed by atoms with Crippen LogP contribution < -0.4 is 27.0 Å². The number of rotatable bonds is 16. The van der Waals surface area contributed by atoms with Gasteiger partial charge in [-0.2, -0.15) is 0 Å². The molecule has 1 aromatic rings. The van der Waals surface area contributed by atoms with Crippen molar-refractivity contribution in [1.82, 2.24) is 21.3 Å². The van der Waals surface area contributed by atoms with E-state index in [4.69, 9.17) is 5.73 Å². The molecule has 0 unspecified atom stereocenters. The molecule has 0 bridgehead atoms. The molecule has 0 aromatic heterocycles. The zero-order valence-corrected chi connectivity index (χ0v) is 24.1. The maximum atomic E-state index is 12.8. The maximum absolute atomic E-state index is 12.8. The normalized spacial score (nSPS) is 15.8. The second-order valence-corrected chi connectivity index (χ2v) is 10.8. The minimum Gasteiger partial charge on any atom is -0.480 e. The predicted octanol–water partition coefficient (Wildman–Crippen LogP) is 0.0731. The first kappa shape index (κ1) is 34.5. The minimum absolute atomic E-state index is 0.0274. The molecule has 4 amide bonds. The third-order valence-corrected chi connectivity index (χ3v) is 6.42. The van der Waals surface area contributed by atoms with Gasteiger partial charge in [0.2, 0.25) is 23.6 Å². The number of benzene rings is 1.